The van der Waals surface area contributed by atoms with Crippen LogP contribution in [0, 0.1) is 0 Å². The molecule has 7 nitrogen and oxygen atoms in total. The Morgan fingerprint density at radius 1 is 1.22 bits per heavy atom. The van der Waals surface area contributed by atoms with Crippen LogP contribution in [0.2, 0.25) is 0 Å². The first-order chi connectivity index (χ1) is 11.2. The van der Waals surface area contributed by atoms with E-state index in [1.807, 2.05) is 6.07 Å². The first-order valence-corrected chi connectivity index (χ1v) is 7.75. The minimum absolute atomic E-state index is 0.0342. The summed E-state index contributed by atoms with van der Waals surface area (Å²) in [6, 6.07) is 5.46. The molecule has 1 aromatic carbocycles. The number of carbonyl (C=O) groups excluding carboxylic acids is 1. The topological polar surface area (TPSA) is 72.1 Å². The smallest absolute Gasteiger partial charge is 0.239 e. The maximum absolute atomic E-state index is 11.9. The number of hydrogen-bond acceptors (Lipinski definition) is 6. The van der Waals surface area contributed by atoms with Crippen LogP contribution in [0.15, 0.2) is 18.2 Å². The normalized spacial score (nSPS) is 15.0. The Kier molecular flexibility index (Phi) is 6.96. The van der Waals surface area contributed by atoms with Gasteiger partial charge in [0.05, 0.1) is 34.0 Å². The second-order valence-corrected chi connectivity index (χ2v) is 5.23. The summed E-state index contributed by atoms with van der Waals surface area (Å²) in [4.78, 5) is 14.1. The van der Waals surface area contributed by atoms with Gasteiger partial charge in [0.25, 0.3) is 0 Å². The van der Waals surface area contributed by atoms with E-state index in [0.717, 1.165) is 38.5 Å². The second-order valence-electron chi connectivity index (χ2n) is 5.23. The van der Waals surface area contributed by atoms with Crippen molar-refractivity contribution in [2.24, 2.45) is 0 Å². The molecule has 0 saturated carbocycles. The van der Waals surface area contributed by atoms with E-state index in [1.54, 1.807) is 26.4 Å². The highest BCUT2D eigenvalue weighted by Gasteiger charge is 2.10. The Labute approximate surface area is 136 Å². The average Bonchev–Trinajstić information content (AvgIpc) is 2.60. The molecule has 1 aromatic rings. The van der Waals surface area contributed by atoms with Gasteiger partial charge in [0, 0.05) is 37.9 Å². The number of hydrogen-bond donors (Lipinski definition) is 2. The van der Waals surface area contributed by atoms with Crippen molar-refractivity contribution >= 4 is 11.6 Å². The molecule has 0 aromatic heterocycles. The number of nitrogens with zero attached hydrogens (tertiary/aromatic N) is 1. The van der Waals surface area contributed by atoms with Crippen LogP contribution in [-0.4, -0.2) is 71.0 Å². The minimum Gasteiger partial charge on any atom is -0.493 e. The van der Waals surface area contributed by atoms with Crippen molar-refractivity contribution in [3.05, 3.63) is 18.2 Å². The Balaban J connectivity index is 1.69. The number of methoxy groups -OCH3 is 2. The van der Waals surface area contributed by atoms with Gasteiger partial charge in [0.2, 0.25) is 5.91 Å². The lowest BCUT2D eigenvalue weighted by Crippen LogP contribution is -2.42. The first kappa shape index (κ1) is 17.4. The summed E-state index contributed by atoms with van der Waals surface area (Å²) in [5.41, 5.74) is 0.811. The van der Waals surface area contributed by atoms with Crippen molar-refractivity contribution in [1.82, 2.24) is 10.2 Å². The fourth-order valence-corrected chi connectivity index (χ4v) is 2.37. The number of nitrogens with one attached hydrogen (secondary N) is 2. The number of amides is 1. The van der Waals surface area contributed by atoms with E-state index >= 15 is 0 Å². The fourth-order valence-electron chi connectivity index (χ4n) is 2.37. The molecule has 0 atom stereocenters. The zero-order valence-electron chi connectivity index (χ0n) is 13.8. The molecule has 1 saturated heterocycles. The summed E-state index contributed by atoms with van der Waals surface area (Å²) in [5.74, 6) is 1.26. The Bertz CT molecular complexity index is 504. The molecule has 1 fully saturated rings. The lowest BCUT2D eigenvalue weighted by molar-refractivity contribution is -0.119. The van der Waals surface area contributed by atoms with Crippen molar-refractivity contribution in [1.29, 1.82) is 0 Å². The molecule has 2 N–H and O–H groups in total. The van der Waals surface area contributed by atoms with Crippen LogP contribution in [0.4, 0.5) is 5.69 Å². The largest absolute Gasteiger partial charge is 0.493 e. The molecule has 1 aliphatic heterocycles. The van der Waals surface area contributed by atoms with Crippen LogP contribution in [0.5, 0.6) is 11.5 Å². The minimum atomic E-state index is -0.0342. The molecule has 128 valence electrons. The monoisotopic (exact) mass is 323 g/mol. The standard InChI is InChI=1S/C16H25N3O4/c1-21-14-4-3-13(11-15(14)22-2)18-12-16(20)17-5-6-19-7-9-23-10-8-19/h3-4,11,18H,5-10,12H2,1-2H3,(H,17,20). The van der Waals surface area contributed by atoms with Gasteiger partial charge in [-0.3, -0.25) is 9.69 Å². The lowest BCUT2D eigenvalue weighted by Gasteiger charge is -2.26. The summed E-state index contributed by atoms with van der Waals surface area (Å²) in [7, 11) is 3.17. The fraction of sp³-hybridized carbons (Fsp3) is 0.562. The van der Waals surface area contributed by atoms with E-state index < -0.39 is 0 Å². The molecule has 1 amide bonds. The van der Waals surface area contributed by atoms with Gasteiger partial charge in [-0.2, -0.15) is 0 Å². The molecular formula is C16H25N3O4. The van der Waals surface area contributed by atoms with Gasteiger partial charge in [0.15, 0.2) is 11.5 Å². The zero-order valence-corrected chi connectivity index (χ0v) is 13.8. The van der Waals surface area contributed by atoms with Crippen LogP contribution in [0.25, 0.3) is 0 Å². The van der Waals surface area contributed by atoms with Gasteiger partial charge in [-0.05, 0) is 12.1 Å². The highest BCUT2D eigenvalue weighted by atomic mass is 16.5. The summed E-state index contributed by atoms with van der Waals surface area (Å²) in [6.07, 6.45) is 0. The number of carbonyl (C=O) groups is 1. The predicted octanol–water partition coefficient (Wildman–Crippen LogP) is 0.564. The summed E-state index contributed by atoms with van der Waals surface area (Å²) in [6.45, 7) is 5.12. The molecule has 2 rings (SSSR count). The molecule has 0 bridgehead atoms. The van der Waals surface area contributed by atoms with Crippen molar-refractivity contribution in [3.63, 3.8) is 0 Å². The van der Waals surface area contributed by atoms with Gasteiger partial charge in [-0.1, -0.05) is 0 Å². The van der Waals surface area contributed by atoms with E-state index in [-0.39, 0.29) is 12.5 Å². The summed E-state index contributed by atoms with van der Waals surface area (Å²) in [5, 5.41) is 5.99. The molecule has 23 heavy (non-hydrogen) atoms. The molecular weight excluding hydrogens is 298 g/mol. The van der Waals surface area contributed by atoms with Gasteiger partial charge in [-0.25, -0.2) is 0 Å². The quantitative estimate of drug-likeness (QED) is 0.728. The highest BCUT2D eigenvalue weighted by molar-refractivity contribution is 5.80. The first-order valence-electron chi connectivity index (χ1n) is 7.75. The third-order valence-electron chi connectivity index (χ3n) is 3.69. The van der Waals surface area contributed by atoms with Gasteiger partial charge >= 0.3 is 0 Å². The Hall–Kier alpha value is -1.99. The number of ether oxygens (including phenoxy) is 3. The number of morpholine rings is 1. The van der Waals surface area contributed by atoms with Crippen LogP contribution in [-0.2, 0) is 9.53 Å². The molecule has 1 heterocycles. The van der Waals surface area contributed by atoms with E-state index in [9.17, 15) is 4.79 Å². The number of benzene rings is 1. The van der Waals surface area contributed by atoms with Gasteiger partial charge in [0.1, 0.15) is 0 Å². The SMILES string of the molecule is COc1ccc(NCC(=O)NCCN2CCOCC2)cc1OC. The zero-order chi connectivity index (χ0) is 16.5. The van der Waals surface area contributed by atoms with Crippen molar-refractivity contribution in [2.45, 2.75) is 0 Å². The van der Waals surface area contributed by atoms with E-state index in [1.165, 1.54) is 0 Å². The Morgan fingerprint density at radius 2 is 1.96 bits per heavy atom. The molecule has 1 aliphatic rings. The predicted molar refractivity (Wildman–Crippen MR) is 88.3 cm³/mol. The molecule has 0 unspecified atom stereocenters. The van der Waals surface area contributed by atoms with Gasteiger partial charge < -0.3 is 24.8 Å². The average molecular weight is 323 g/mol. The second kappa shape index (κ2) is 9.22. The summed E-state index contributed by atoms with van der Waals surface area (Å²) >= 11 is 0. The maximum atomic E-state index is 11.9. The van der Waals surface area contributed by atoms with Gasteiger partial charge in [-0.15, -0.1) is 0 Å². The molecule has 0 spiro atoms. The lowest BCUT2D eigenvalue weighted by atomic mass is 10.2. The van der Waals surface area contributed by atoms with E-state index in [4.69, 9.17) is 14.2 Å². The maximum Gasteiger partial charge on any atom is 0.239 e. The van der Waals surface area contributed by atoms with Crippen LogP contribution in [0.1, 0.15) is 0 Å². The molecule has 0 aliphatic carbocycles. The van der Waals surface area contributed by atoms with Crippen LogP contribution >= 0.6 is 0 Å². The summed E-state index contributed by atoms with van der Waals surface area (Å²) < 4.78 is 15.7. The van der Waals surface area contributed by atoms with E-state index in [2.05, 4.69) is 15.5 Å². The van der Waals surface area contributed by atoms with Crippen molar-refractivity contribution in [3.8, 4) is 11.5 Å². The number of rotatable bonds is 8. The van der Waals surface area contributed by atoms with Crippen LogP contribution in [0.3, 0.4) is 0 Å². The molecule has 7 heteroatoms. The van der Waals surface area contributed by atoms with Crippen molar-refractivity contribution in [2.75, 3.05) is 65.5 Å². The number of anilines is 1. The third kappa shape index (κ3) is 5.61. The Morgan fingerprint density at radius 3 is 2.65 bits per heavy atom. The van der Waals surface area contributed by atoms with E-state index in [0.29, 0.717) is 18.0 Å². The highest BCUT2D eigenvalue weighted by Crippen LogP contribution is 2.29. The van der Waals surface area contributed by atoms with Crippen molar-refractivity contribution < 1.29 is 19.0 Å². The molecule has 0 radical (unpaired) electrons. The van der Waals surface area contributed by atoms with Crippen LogP contribution < -0.4 is 20.1 Å². The third-order valence-corrected chi connectivity index (χ3v) is 3.69.